The van der Waals surface area contributed by atoms with Gasteiger partial charge in [0.25, 0.3) is 11.1 Å². The number of aryl methyl sites for hydroxylation is 4. The van der Waals surface area contributed by atoms with Gasteiger partial charge in [0.2, 0.25) is 0 Å². The predicted octanol–water partition coefficient (Wildman–Crippen LogP) is 9.11. The zero-order valence-electron chi connectivity index (χ0n) is 37.7. The second-order valence-corrected chi connectivity index (χ2v) is 17.9. The molecule has 0 atom stereocenters. The number of rotatable bonds is 12. The Kier molecular flexibility index (Phi) is 15.0. The molecule has 4 aromatic heterocycles. The van der Waals surface area contributed by atoms with E-state index in [1.807, 2.05) is 64.4 Å². The molecule has 0 saturated carbocycles. The fraction of sp³-hybridized carbons (Fsp3) is 0.429. The minimum Gasteiger partial charge on any atom is -0.368 e. The van der Waals surface area contributed by atoms with E-state index in [0.717, 1.165) is 143 Å². The highest BCUT2D eigenvalue weighted by Gasteiger charge is 2.25. The number of hydrogen-bond donors (Lipinski definition) is 5. The summed E-state index contributed by atoms with van der Waals surface area (Å²) in [7, 11) is 2.19. The molecule has 2 aromatic carbocycles. The number of anilines is 4. The number of halogens is 2. The van der Waals surface area contributed by atoms with Crippen LogP contribution in [0.15, 0.2) is 70.5 Å². The highest BCUT2D eigenvalue weighted by molar-refractivity contribution is 6.32. The van der Waals surface area contributed by atoms with Crippen LogP contribution in [0, 0.1) is 27.7 Å². The first-order chi connectivity index (χ1) is 30.3. The lowest BCUT2D eigenvalue weighted by Gasteiger charge is -2.39. The molecule has 2 aliphatic rings. The van der Waals surface area contributed by atoms with Gasteiger partial charge >= 0.3 is 0 Å². The number of aromatic nitrogens is 4. The van der Waals surface area contributed by atoms with Crippen molar-refractivity contribution in [3.63, 3.8) is 0 Å². The molecule has 14 heteroatoms. The maximum atomic E-state index is 12.4. The lowest BCUT2D eigenvalue weighted by molar-refractivity contribution is 0.250. The van der Waals surface area contributed by atoms with E-state index in [2.05, 4.69) is 95.7 Å². The first-order valence-electron chi connectivity index (χ1n) is 22.3. The van der Waals surface area contributed by atoms with Gasteiger partial charge in [0.15, 0.2) is 0 Å². The summed E-state index contributed by atoms with van der Waals surface area (Å²) in [5.41, 5.74) is 7.28. The summed E-state index contributed by atoms with van der Waals surface area (Å²) in [4.78, 5) is 47.1. The zero-order chi connectivity index (χ0) is 44.8. The molecular weight excluding hydrogens is 832 g/mol. The van der Waals surface area contributed by atoms with Crippen molar-refractivity contribution in [2.45, 2.75) is 92.4 Å². The summed E-state index contributed by atoms with van der Waals surface area (Å²) in [5.74, 6) is 1.48. The Morgan fingerprint density at radius 3 is 1.49 bits per heavy atom. The number of likely N-dealkylation sites (tertiary alicyclic amines) is 1. The highest BCUT2D eigenvalue weighted by Crippen LogP contribution is 2.38. The Morgan fingerprint density at radius 1 is 0.651 bits per heavy atom. The van der Waals surface area contributed by atoms with Gasteiger partial charge in [0, 0.05) is 116 Å². The van der Waals surface area contributed by atoms with Gasteiger partial charge < -0.3 is 40.6 Å². The number of piperidine rings is 2. The van der Waals surface area contributed by atoms with Crippen molar-refractivity contribution in [3.05, 3.63) is 125 Å². The molecule has 0 amide bonds. The molecule has 2 saturated heterocycles. The van der Waals surface area contributed by atoms with Crippen molar-refractivity contribution in [3.8, 4) is 0 Å². The van der Waals surface area contributed by atoms with Gasteiger partial charge in [-0.15, -0.1) is 0 Å². The monoisotopic (exact) mass is 892 g/mol. The molecule has 334 valence electrons. The molecule has 0 radical (unpaired) electrons. The standard InChI is InChI=1S/C25H32ClN5O.C24H30ClN5O/c1-5-31(19-7-10-30(4)11-8-19)23-14-18(26)13-21-20(23)6-9-27-24(21)28-15-22-16(2)12-17(3)29-25(22)32;1-4-30(18-5-8-26-9-6-18)22-13-17(25)12-20-19(22)7-10-27-23(20)28-14-21-15(2)11-16(3)29-24(21)31/h6,9,12-14,19H,5,7-8,10-11,15H2,1-4H3,(H,27,28)(H,29,32);7,10-13,18,26H,4-6,8-9,14H2,1-3H3,(H,27,28)(H,29,31). The number of H-pyrrole nitrogens is 2. The number of benzene rings is 2. The largest absolute Gasteiger partial charge is 0.368 e. The van der Waals surface area contributed by atoms with Crippen LogP contribution >= 0.6 is 23.2 Å². The number of aromatic amines is 2. The van der Waals surface area contributed by atoms with Crippen LogP contribution in [-0.4, -0.2) is 83.2 Å². The molecule has 0 unspecified atom stereocenters. The fourth-order valence-electron chi connectivity index (χ4n) is 9.44. The first-order valence-corrected chi connectivity index (χ1v) is 23.1. The van der Waals surface area contributed by atoms with E-state index >= 15 is 0 Å². The van der Waals surface area contributed by atoms with Crippen molar-refractivity contribution in [2.24, 2.45) is 0 Å². The maximum absolute atomic E-state index is 12.4. The van der Waals surface area contributed by atoms with E-state index in [-0.39, 0.29) is 11.1 Å². The second kappa shape index (κ2) is 20.6. The van der Waals surface area contributed by atoms with Crippen LogP contribution in [0.1, 0.15) is 73.2 Å². The third kappa shape index (κ3) is 10.6. The Morgan fingerprint density at radius 2 is 1.08 bits per heavy atom. The van der Waals surface area contributed by atoms with Gasteiger partial charge in [-0.1, -0.05) is 23.2 Å². The average Bonchev–Trinajstić information content (AvgIpc) is 3.25. The van der Waals surface area contributed by atoms with Crippen LogP contribution in [0.2, 0.25) is 10.0 Å². The quantitative estimate of drug-likeness (QED) is 0.0810. The lowest BCUT2D eigenvalue weighted by Crippen LogP contribution is -2.43. The molecule has 6 aromatic rings. The summed E-state index contributed by atoms with van der Waals surface area (Å²) in [6.45, 7) is 19.1. The molecule has 8 rings (SSSR count). The van der Waals surface area contributed by atoms with Gasteiger partial charge in [0.05, 0.1) is 0 Å². The summed E-state index contributed by atoms with van der Waals surface area (Å²) in [6.07, 6.45) is 8.18. The first kappa shape index (κ1) is 45.9. The van der Waals surface area contributed by atoms with E-state index < -0.39 is 0 Å². The van der Waals surface area contributed by atoms with Gasteiger partial charge in [0.1, 0.15) is 11.6 Å². The van der Waals surface area contributed by atoms with Crippen LogP contribution in [0.4, 0.5) is 23.0 Å². The number of hydrogen-bond acceptors (Lipinski definition) is 10. The third-order valence-corrected chi connectivity index (χ3v) is 13.1. The normalized spacial score (nSPS) is 15.0. The Hall–Kier alpha value is -5.14. The summed E-state index contributed by atoms with van der Waals surface area (Å²) < 4.78 is 0. The second-order valence-electron chi connectivity index (χ2n) is 17.0. The number of fused-ring (bicyclic) bond motifs is 2. The molecule has 63 heavy (non-hydrogen) atoms. The van der Waals surface area contributed by atoms with Crippen molar-refractivity contribution in [2.75, 3.05) is 66.7 Å². The van der Waals surface area contributed by atoms with E-state index in [1.54, 1.807) is 0 Å². The SMILES string of the molecule is CCN(c1cc(Cl)cc2c(NCc3c(C)cc(C)[nH]c3=O)nccc12)C1CCN(C)CC1.CCN(c1cc(Cl)cc2c(NCc3c(C)cc(C)[nH]c3=O)nccc12)C1CCNCC1. The number of pyridine rings is 4. The van der Waals surface area contributed by atoms with E-state index in [9.17, 15) is 9.59 Å². The Balaban J connectivity index is 0.000000189. The van der Waals surface area contributed by atoms with Gasteiger partial charge in [-0.2, -0.15) is 0 Å². The molecule has 6 heterocycles. The topological polar surface area (TPSA) is 137 Å². The summed E-state index contributed by atoms with van der Waals surface area (Å²) in [6, 6.07) is 17.1. The fourth-order valence-corrected chi connectivity index (χ4v) is 9.87. The average molecular weight is 894 g/mol. The molecule has 5 N–H and O–H groups in total. The molecule has 2 fully saturated rings. The Labute approximate surface area is 380 Å². The molecule has 0 bridgehead atoms. The minimum atomic E-state index is -0.0629. The Bertz CT molecular complexity index is 2670. The molecule has 0 aliphatic carbocycles. The number of nitrogens with zero attached hydrogens (tertiary/aromatic N) is 5. The van der Waals surface area contributed by atoms with Gasteiger partial charge in [-0.05, 0) is 160 Å². The minimum absolute atomic E-state index is 0.0617. The smallest absolute Gasteiger partial charge is 0.253 e. The van der Waals surface area contributed by atoms with Gasteiger partial charge in [-0.25, -0.2) is 9.97 Å². The van der Waals surface area contributed by atoms with Gasteiger partial charge in [-0.3, -0.25) is 9.59 Å². The molecule has 0 spiro atoms. The van der Waals surface area contributed by atoms with Crippen molar-refractivity contribution in [1.29, 1.82) is 0 Å². The predicted molar refractivity (Wildman–Crippen MR) is 264 cm³/mol. The molecule has 2 aliphatic heterocycles. The summed E-state index contributed by atoms with van der Waals surface area (Å²) >= 11 is 13.2. The maximum Gasteiger partial charge on any atom is 0.253 e. The van der Waals surface area contributed by atoms with Crippen molar-refractivity contribution >= 4 is 67.8 Å². The van der Waals surface area contributed by atoms with Crippen LogP contribution in [0.25, 0.3) is 21.5 Å². The molecular formula is C49H62Cl2N10O2. The number of nitrogens with one attached hydrogen (secondary N) is 5. The third-order valence-electron chi connectivity index (χ3n) is 12.7. The van der Waals surface area contributed by atoms with Crippen LogP contribution in [0.3, 0.4) is 0 Å². The lowest BCUT2D eigenvalue weighted by atomic mass is 10.0. The van der Waals surface area contributed by atoms with Crippen LogP contribution < -0.4 is 36.9 Å². The van der Waals surface area contributed by atoms with Crippen LogP contribution in [0.5, 0.6) is 0 Å². The van der Waals surface area contributed by atoms with Crippen LogP contribution in [-0.2, 0) is 13.1 Å². The molecule has 12 nitrogen and oxygen atoms in total. The van der Waals surface area contributed by atoms with E-state index in [4.69, 9.17) is 23.2 Å². The highest BCUT2D eigenvalue weighted by atomic mass is 35.5. The van der Waals surface area contributed by atoms with Crippen molar-refractivity contribution in [1.82, 2.24) is 30.2 Å². The van der Waals surface area contributed by atoms with Crippen molar-refractivity contribution < 1.29 is 0 Å². The van der Waals surface area contributed by atoms with E-state index in [0.29, 0.717) is 35.2 Å². The van der Waals surface area contributed by atoms with E-state index in [1.165, 1.54) is 0 Å². The zero-order valence-corrected chi connectivity index (χ0v) is 39.2. The summed E-state index contributed by atoms with van der Waals surface area (Å²) in [5, 5.41) is 15.8.